The maximum Gasteiger partial charge on any atom is 0.326 e. The van der Waals surface area contributed by atoms with E-state index >= 15 is 0 Å². The number of hydrogen-bond donors (Lipinski definition) is 2. The Balaban J connectivity index is 2.79. The van der Waals surface area contributed by atoms with Gasteiger partial charge >= 0.3 is 5.97 Å². The minimum Gasteiger partial charge on any atom is -0.480 e. The molecule has 0 radical (unpaired) electrons. The topological polar surface area (TPSA) is 72.6 Å². The van der Waals surface area contributed by atoms with Gasteiger partial charge in [-0.15, -0.1) is 0 Å². The monoisotopic (exact) mass is 159 g/mol. The number of carbonyl (C=O) groups is 1. The molecule has 0 aromatic carbocycles. The molecule has 11 heavy (non-hydrogen) atoms. The number of ether oxygens (including phenoxy) is 1. The Hall–Kier alpha value is -0.610. The molecule has 3 N–H and O–H groups in total. The molecule has 1 heterocycles. The van der Waals surface area contributed by atoms with Crippen LogP contribution in [0.5, 0.6) is 0 Å². The lowest BCUT2D eigenvalue weighted by Crippen LogP contribution is -2.53. The average Bonchev–Trinajstić information content (AvgIpc) is 2.08. The SMILES string of the molecule is CC1CC(N)(C(=O)O)C(C)O1. The molecule has 4 heteroatoms. The van der Waals surface area contributed by atoms with E-state index in [9.17, 15) is 4.79 Å². The lowest BCUT2D eigenvalue weighted by Gasteiger charge is -2.21. The summed E-state index contributed by atoms with van der Waals surface area (Å²) in [5.41, 5.74) is 4.43. The summed E-state index contributed by atoms with van der Waals surface area (Å²) in [5.74, 6) is -0.977. The van der Waals surface area contributed by atoms with E-state index in [1.54, 1.807) is 6.92 Å². The van der Waals surface area contributed by atoms with Gasteiger partial charge < -0.3 is 15.6 Å². The normalized spacial score (nSPS) is 44.3. The van der Waals surface area contributed by atoms with Crippen LogP contribution in [0.2, 0.25) is 0 Å². The summed E-state index contributed by atoms with van der Waals surface area (Å²) < 4.78 is 5.23. The van der Waals surface area contributed by atoms with Gasteiger partial charge in [0.1, 0.15) is 5.54 Å². The molecule has 4 nitrogen and oxygen atoms in total. The number of rotatable bonds is 1. The highest BCUT2D eigenvalue weighted by Gasteiger charge is 2.47. The predicted octanol–water partition coefficient (Wildman–Crippen LogP) is -0.0342. The van der Waals surface area contributed by atoms with Crippen molar-refractivity contribution in [1.82, 2.24) is 0 Å². The van der Waals surface area contributed by atoms with Crippen molar-refractivity contribution < 1.29 is 14.6 Å². The van der Waals surface area contributed by atoms with Gasteiger partial charge in [-0.3, -0.25) is 4.79 Å². The van der Waals surface area contributed by atoms with Crippen LogP contribution in [-0.2, 0) is 9.53 Å². The molecule has 1 aliphatic heterocycles. The number of nitrogens with two attached hydrogens (primary N) is 1. The summed E-state index contributed by atoms with van der Waals surface area (Å²) in [4.78, 5) is 10.7. The van der Waals surface area contributed by atoms with Crippen LogP contribution < -0.4 is 5.73 Å². The first-order chi connectivity index (χ1) is 4.97. The summed E-state index contributed by atoms with van der Waals surface area (Å²) >= 11 is 0. The Morgan fingerprint density at radius 1 is 1.73 bits per heavy atom. The van der Waals surface area contributed by atoms with Gasteiger partial charge in [0.05, 0.1) is 12.2 Å². The molecule has 3 unspecified atom stereocenters. The van der Waals surface area contributed by atoms with E-state index in [1.807, 2.05) is 6.92 Å². The summed E-state index contributed by atoms with van der Waals surface area (Å²) in [6.45, 7) is 3.52. The van der Waals surface area contributed by atoms with E-state index in [0.717, 1.165) is 0 Å². The van der Waals surface area contributed by atoms with Crippen molar-refractivity contribution in [3.63, 3.8) is 0 Å². The van der Waals surface area contributed by atoms with Crippen LogP contribution >= 0.6 is 0 Å². The van der Waals surface area contributed by atoms with Gasteiger partial charge in [-0.25, -0.2) is 0 Å². The van der Waals surface area contributed by atoms with Gasteiger partial charge in [0.2, 0.25) is 0 Å². The zero-order valence-electron chi connectivity index (χ0n) is 6.70. The second-order valence-electron chi connectivity index (χ2n) is 3.14. The molecular weight excluding hydrogens is 146 g/mol. The minimum atomic E-state index is -1.18. The number of hydrogen-bond acceptors (Lipinski definition) is 3. The highest BCUT2D eigenvalue weighted by Crippen LogP contribution is 2.28. The molecule has 64 valence electrons. The highest BCUT2D eigenvalue weighted by atomic mass is 16.5. The standard InChI is InChI=1S/C7H13NO3/c1-4-3-7(8,6(9)10)5(2)11-4/h4-5H,3,8H2,1-2H3,(H,9,10). The fourth-order valence-corrected chi connectivity index (χ4v) is 1.42. The van der Waals surface area contributed by atoms with Crippen LogP contribution in [0.1, 0.15) is 20.3 Å². The van der Waals surface area contributed by atoms with Crippen molar-refractivity contribution in [3.05, 3.63) is 0 Å². The van der Waals surface area contributed by atoms with Gasteiger partial charge in [0.25, 0.3) is 0 Å². The van der Waals surface area contributed by atoms with Crippen LogP contribution in [0.25, 0.3) is 0 Å². The number of aliphatic carboxylic acids is 1. The molecule has 0 aromatic rings. The van der Waals surface area contributed by atoms with Gasteiger partial charge in [0.15, 0.2) is 0 Å². The Kier molecular flexibility index (Phi) is 1.90. The molecule has 1 rings (SSSR count). The molecule has 1 saturated heterocycles. The highest BCUT2D eigenvalue weighted by molar-refractivity contribution is 5.79. The van der Waals surface area contributed by atoms with E-state index < -0.39 is 17.6 Å². The quantitative estimate of drug-likeness (QED) is 0.563. The largest absolute Gasteiger partial charge is 0.480 e. The zero-order chi connectivity index (χ0) is 8.65. The molecule has 3 atom stereocenters. The van der Waals surface area contributed by atoms with Gasteiger partial charge in [-0.2, -0.15) is 0 Å². The fraction of sp³-hybridized carbons (Fsp3) is 0.857. The Labute approximate surface area is 65.3 Å². The molecule has 1 aliphatic rings. The lowest BCUT2D eigenvalue weighted by molar-refractivity contribution is -0.145. The molecule has 0 bridgehead atoms. The second-order valence-corrected chi connectivity index (χ2v) is 3.14. The third-order valence-electron chi connectivity index (χ3n) is 2.19. The zero-order valence-corrected chi connectivity index (χ0v) is 6.70. The van der Waals surface area contributed by atoms with Gasteiger partial charge in [0, 0.05) is 6.42 Å². The number of carboxylic acids is 1. The van der Waals surface area contributed by atoms with Gasteiger partial charge in [-0.1, -0.05) is 0 Å². The third-order valence-corrected chi connectivity index (χ3v) is 2.19. The first-order valence-electron chi connectivity index (χ1n) is 3.64. The molecular formula is C7H13NO3. The third kappa shape index (κ3) is 1.23. The van der Waals surface area contributed by atoms with Gasteiger partial charge in [-0.05, 0) is 13.8 Å². The Bertz CT molecular complexity index is 183. The summed E-state index contributed by atoms with van der Waals surface area (Å²) in [7, 11) is 0. The van der Waals surface area contributed by atoms with Crippen LogP contribution in [0.4, 0.5) is 0 Å². The summed E-state index contributed by atoms with van der Waals surface area (Å²) in [6.07, 6.45) is -0.0511. The van der Waals surface area contributed by atoms with Crippen LogP contribution in [0.15, 0.2) is 0 Å². The van der Waals surface area contributed by atoms with Crippen molar-refractivity contribution >= 4 is 5.97 Å². The van der Waals surface area contributed by atoms with Crippen LogP contribution in [0, 0.1) is 0 Å². The Morgan fingerprint density at radius 2 is 2.27 bits per heavy atom. The number of carboxylic acid groups (broad SMARTS) is 1. The van der Waals surface area contributed by atoms with E-state index in [1.165, 1.54) is 0 Å². The minimum absolute atomic E-state index is 0.0499. The Morgan fingerprint density at radius 3 is 2.45 bits per heavy atom. The fourth-order valence-electron chi connectivity index (χ4n) is 1.42. The van der Waals surface area contributed by atoms with Crippen molar-refractivity contribution in [2.24, 2.45) is 5.73 Å². The average molecular weight is 159 g/mol. The lowest BCUT2D eigenvalue weighted by atomic mass is 9.92. The maximum atomic E-state index is 10.7. The molecule has 0 saturated carbocycles. The van der Waals surface area contributed by atoms with Crippen LogP contribution in [-0.4, -0.2) is 28.8 Å². The molecule has 0 amide bonds. The van der Waals surface area contributed by atoms with E-state index in [0.29, 0.717) is 6.42 Å². The predicted molar refractivity (Wildman–Crippen MR) is 39.2 cm³/mol. The van der Waals surface area contributed by atoms with Crippen molar-refractivity contribution in [2.45, 2.75) is 38.0 Å². The van der Waals surface area contributed by atoms with Crippen LogP contribution in [0.3, 0.4) is 0 Å². The van der Waals surface area contributed by atoms with E-state index in [2.05, 4.69) is 0 Å². The van der Waals surface area contributed by atoms with E-state index in [-0.39, 0.29) is 6.10 Å². The maximum absolute atomic E-state index is 10.7. The molecule has 0 aliphatic carbocycles. The summed E-state index contributed by atoms with van der Waals surface area (Å²) in [6, 6.07) is 0. The molecule has 0 aromatic heterocycles. The summed E-state index contributed by atoms with van der Waals surface area (Å²) in [5, 5.41) is 8.76. The smallest absolute Gasteiger partial charge is 0.326 e. The van der Waals surface area contributed by atoms with Crippen molar-refractivity contribution in [3.8, 4) is 0 Å². The molecule has 1 fully saturated rings. The first kappa shape index (κ1) is 8.49. The second kappa shape index (κ2) is 2.46. The first-order valence-corrected chi connectivity index (χ1v) is 3.64. The van der Waals surface area contributed by atoms with Crippen molar-refractivity contribution in [2.75, 3.05) is 0 Å². The van der Waals surface area contributed by atoms with E-state index in [4.69, 9.17) is 15.6 Å². The van der Waals surface area contributed by atoms with Crippen molar-refractivity contribution in [1.29, 1.82) is 0 Å². The molecule has 0 spiro atoms.